The van der Waals surface area contributed by atoms with Crippen LogP contribution in [0.2, 0.25) is 0 Å². The third-order valence-electron chi connectivity index (χ3n) is 3.46. The molecule has 1 aromatic carbocycles. The van der Waals surface area contributed by atoms with E-state index in [0.29, 0.717) is 12.6 Å². The molecule has 2 rings (SSSR count). The highest BCUT2D eigenvalue weighted by Crippen LogP contribution is 2.31. The number of hydrogen-bond donors (Lipinski definition) is 2. The standard InChI is InChI=1S/C14H21NOS/c1-3-14(2,16)10-15-13-9-17-8-11-6-4-5-7-12(11)13/h4-7,13,15-16H,3,8-10H2,1-2H3. The minimum absolute atomic E-state index is 0.378. The van der Waals surface area contributed by atoms with E-state index in [1.807, 2.05) is 25.6 Å². The first-order valence-electron chi connectivity index (χ1n) is 6.24. The molecule has 2 atom stereocenters. The summed E-state index contributed by atoms with van der Waals surface area (Å²) in [6.45, 7) is 4.57. The van der Waals surface area contributed by atoms with Gasteiger partial charge in [0.1, 0.15) is 0 Å². The van der Waals surface area contributed by atoms with Crippen LogP contribution in [0.3, 0.4) is 0 Å². The van der Waals surface area contributed by atoms with Gasteiger partial charge in [-0.2, -0.15) is 11.8 Å². The monoisotopic (exact) mass is 251 g/mol. The van der Waals surface area contributed by atoms with Crippen LogP contribution in [0, 0.1) is 0 Å². The SMILES string of the molecule is CCC(C)(O)CNC1CSCc2ccccc21. The molecule has 2 unspecified atom stereocenters. The van der Waals surface area contributed by atoms with Crippen LogP contribution in [0.4, 0.5) is 0 Å². The molecule has 3 heteroatoms. The molecule has 1 heterocycles. The van der Waals surface area contributed by atoms with Crippen molar-refractivity contribution in [3.05, 3.63) is 35.4 Å². The van der Waals surface area contributed by atoms with Gasteiger partial charge in [-0.3, -0.25) is 0 Å². The highest BCUT2D eigenvalue weighted by atomic mass is 32.2. The van der Waals surface area contributed by atoms with Crippen LogP contribution >= 0.6 is 11.8 Å². The minimum Gasteiger partial charge on any atom is -0.389 e. The highest BCUT2D eigenvalue weighted by molar-refractivity contribution is 7.98. The fourth-order valence-corrected chi connectivity index (χ4v) is 3.15. The average molecular weight is 251 g/mol. The molecule has 0 spiro atoms. The van der Waals surface area contributed by atoms with Crippen molar-refractivity contribution in [2.24, 2.45) is 0 Å². The number of benzene rings is 1. The van der Waals surface area contributed by atoms with E-state index < -0.39 is 5.60 Å². The molecule has 1 aromatic rings. The molecule has 0 radical (unpaired) electrons. The van der Waals surface area contributed by atoms with Gasteiger partial charge < -0.3 is 10.4 Å². The normalized spacial score (nSPS) is 22.9. The van der Waals surface area contributed by atoms with Crippen molar-refractivity contribution < 1.29 is 5.11 Å². The van der Waals surface area contributed by atoms with E-state index in [2.05, 4.69) is 29.6 Å². The van der Waals surface area contributed by atoms with Crippen molar-refractivity contribution in [1.82, 2.24) is 5.32 Å². The molecule has 0 fully saturated rings. The van der Waals surface area contributed by atoms with Crippen LogP contribution in [-0.4, -0.2) is 23.0 Å². The molecule has 0 aliphatic carbocycles. The van der Waals surface area contributed by atoms with Gasteiger partial charge in [0.25, 0.3) is 0 Å². The molecule has 0 bridgehead atoms. The third kappa shape index (κ3) is 3.24. The number of nitrogens with one attached hydrogen (secondary N) is 1. The predicted molar refractivity (Wildman–Crippen MR) is 74.3 cm³/mol. The summed E-state index contributed by atoms with van der Waals surface area (Å²) in [4.78, 5) is 0. The lowest BCUT2D eigenvalue weighted by Crippen LogP contribution is -2.40. The lowest BCUT2D eigenvalue weighted by molar-refractivity contribution is 0.0534. The molecule has 1 aliphatic heterocycles. The van der Waals surface area contributed by atoms with Gasteiger partial charge in [0, 0.05) is 24.1 Å². The quantitative estimate of drug-likeness (QED) is 0.863. The Morgan fingerprint density at radius 3 is 3.00 bits per heavy atom. The summed E-state index contributed by atoms with van der Waals surface area (Å²) in [5.74, 6) is 2.20. The largest absolute Gasteiger partial charge is 0.389 e. The number of rotatable bonds is 4. The highest BCUT2D eigenvalue weighted by Gasteiger charge is 2.23. The molecule has 0 aromatic heterocycles. The first-order valence-corrected chi connectivity index (χ1v) is 7.39. The van der Waals surface area contributed by atoms with Crippen molar-refractivity contribution >= 4 is 11.8 Å². The first-order chi connectivity index (χ1) is 8.12. The lowest BCUT2D eigenvalue weighted by Gasteiger charge is -2.30. The Morgan fingerprint density at radius 2 is 2.24 bits per heavy atom. The zero-order chi connectivity index (χ0) is 12.3. The third-order valence-corrected chi connectivity index (χ3v) is 4.55. The smallest absolute Gasteiger partial charge is 0.0741 e. The van der Waals surface area contributed by atoms with E-state index in [4.69, 9.17) is 0 Å². The molecular formula is C14H21NOS. The van der Waals surface area contributed by atoms with Crippen molar-refractivity contribution in [2.75, 3.05) is 12.3 Å². The van der Waals surface area contributed by atoms with Crippen LogP contribution in [-0.2, 0) is 5.75 Å². The van der Waals surface area contributed by atoms with E-state index in [9.17, 15) is 5.11 Å². The average Bonchev–Trinajstić information content (AvgIpc) is 2.36. The first kappa shape index (κ1) is 12.9. The number of fused-ring (bicyclic) bond motifs is 1. The van der Waals surface area contributed by atoms with Crippen molar-refractivity contribution in [1.29, 1.82) is 0 Å². The van der Waals surface area contributed by atoms with E-state index in [0.717, 1.165) is 17.9 Å². The second kappa shape index (κ2) is 5.42. The number of thioether (sulfide) groups is 1. The Morgan fingerprint density at radius 1 is 1.47 bits per heavy atom. The van der Waals surface area contributed by atoms with Gasteiger partial charge >= 0.3 is 0 Å². The Labute approximate surface area is 108 Å². The Balaban J connectivity index is 2.04. The van der Waals surface area contributed by atoms with Crippen molar-refractivity contribution in [3.8, 4) is 0 Å². The Bertz CT molecular complexity index is 378. The second-order valence-corrected chi connectivity index (χ2v) is 6.03. The molecule has 17 heavy (non-hydrogen) atoms. The van der Waals surface area contributed by atoms with Crippen LogP contribution < -0.4 is 5.32 Å². The molecule has 94 valence electrons. The van der Waals surface area contributed by atoms with Gasteiger partial charge in [-0.25, -0.2) is 0 Å². The zero-order valence-corrected chi connectivity index (χ0v) is 11.4. The molecular weight excluding hydrogens is 230 g/mol. The summed E-state index contributed by atoms with van der Waals surface area (Å²) in [6, 6.07) is 8.98. The summed E-state index contributed by atoms with van der Waals surface area (Å²) in [6.07, 6.45) is 0.779. The van der Waals surface area contributed by atoms with Crippen LogP contribution in [0.15, 0.2) is 24.3 Å². The van der Waals surface area contributed by atoms with Gasteiger partial charge in [-0.1, -0.05) is 31.2 Å². The van der Waals surface area contributed by atoms with Gasteiger partial charge in [-0.15, -0.1) is 0 Å². The van der Waals surface area contributed by atoms with Crippen LogP contribution in [0.1, 0.15) is 37.4 Å². The summed E-state index contributed by atoms with van der Waals surface area (Å²) in [5.41, 5.74) is 2.23. The topological polar surface area (TPSA) is 32.3 Å². The molecule has 1 aliphatic rings. The Kier molecular flexibility index (Phi) is 4.13. The van der Waals surface area contributed by atoms with E-state index in [1.165, 1.54) is 11.1 Å². The fraction of sp³-hybridized carbons (Fsp3) is 0.571. The molecule has 2 N–H and O–H groups in total. The minimum atomic E-state index is -0.600. The predicted octanol–water partition coefficient (Wildman–Crippen LogP) is 2.73. The molecule has 2 nitrogen and oxygen atoms in total. The summed E-state index contributed by atoms with van der Waals surface area (Å²) in [5, 5.41) is 13.5. The zero-order valence-electron chi connectivity index (χ0n) is 10.6. The summed E-state index contributed by atoms with van der Waals surface area (Å²) >= 11 is 1.96. The summed E-state index contributed by atoms with van der Waals surface area (Å²) < 4.78 is 0. The summed E-state index contributed by atoms with van der Waals surface area (Å²) in [7, 11) is 0. The van der Waals surface area contributed by atoms with Gasteiger partial charge in [-0.05, 0) is 24.5 Å². The fourth-order valence-electron chi connectivity index (χ4n) is 2.02. The van der Waals surface area contributed by atoms with E-state index in [1.54, 1.807) is 0 Å². The molecule has 0 amide bonds. The maximum absolute atomic E-state index is 10.0. The number of hydrogen-bond acceptors (Lipinski definition) is 3. The van der Waals surface area contributed by atoms with Gasteiger partial charge in [0.2, 0.25) is 0 Å². The van der Waals surface area contributed by atoms with Crippen LogP contribution in [0.25, 0.3) is 0 Å². The lowest BCUT2D eigenvalue weighted by atomic mass is 9.99. The van der Waals surface area contributed by atoms with Crippen molar-refractivity contribution in [3.63, 3.8) is 0 Å². The van der Waals surface area contributed by atoms with Crippen molar-refractivity contribution in [2.45, 2.75) is 37.7 Å². The maximum atomic E-state index is 10.0. The number of aliphatic hydroxyl groups is 1. The van der Waals surface area contributed by atoms with Gasteiger partial charge in [0.15, 0.2) is 0 Å². The van der Waals surface area contributed by atoms with E-state index >= 15 is 0 Å². The van der Waals surface area contributed by atoms with Gasteiger partial charge in [0.05, 0.1) is 5.60 Å². The van der Waals surface area contributed by atoms with Crippen LogP contribution in [0.5, 0.6) is 0 Å². The second-order valence-electron chi connectivity index (χ2n) is 5.00. The van der Waals surface area contributed by atoms with E-state index in [-0.39, 0.29) is 0 Å². The molecule has 0 saturated heterocycles. The molecule has 0 saturated carbocycles. The Hall–Kier alpha value is -0.510. The maximum Gasteiger partial charge on any atom is 0.0741 e.